The first-order valence-electron chi connectivity index (χ1n) is 2.76. The normalized spacial score (nSPS) is 8.80. The molecule has 50 valence electrons. The van der Waals surface area contributed by atoms with E-state index in [9.17, 15) is 0 Å². The van der Waals surface area contributed by atoms with Gasteiger partial charge in [-0.05, 0) is 12.1 Å². The van der Waals surface area contributed by atoms with Gasteiger partial charge in [0.2, 0.25) is 0 Å². The van der Waals surface area contributed by atoms with Gasteiger partial charge in [-0.1, -0.05) is 28.6 Å². The predicted molar refractivity (Wildman–Crippen MR) is 43.1 cm³/mol. The molecule has 0 atom stereocenters. The number of pyridine rings is 1. The van der Waals surface area contributed by atoms with Gasteiger partial charge in [-0.15, -0.1) is 4.98 Å². The summed E-state index contributed by atoms with van der Waals surface area (Å²) in [6.45, 7) is 6.66. The van der Waals surface area contributed by atoms with Crippen molar-refractivity contribution in [3.63, 3.8) is 0 Å². The fourth-order valence-corrected chi connectivity index (χ4v) is 0.916. The second-order valence-corrected chi connectivity index (χ2v) is 2.29. The molecule has 0 amide bonds. The number of rotatable bonds is 1. The Balaban J connectivity index is 3.01. The van der Waals surface area contributed by atoms with Gasteiger partial charge >= 0.3 is 0 Å². The molecule has 0 spiro atoms. The molecule has 3 heteroatoms. The van der Waals surface area contributed by atoms with Gasteiger partial charge in [0.15, 0.2) is 0 Å². The van der Waals surface area contributed by atoms with Crippen LogP contribution in [0.1, 0.15) is 5.69 Å². The molecule has 1 heterocycles. The van der Waals surface area contributed by atoms with Crippen molar-refractivity contribution in [1.82, 2.24) is 4.98 Å². The van der Waals surface area contributed by atoms with Crippen LogP contribution in [0.5, 0.6) is 0 Å². The highest BCUT2D eigenvalue weighted by Gasteiger charge is 1.96. The van der Waals surface area contributed by atoms with Crippen LogP contribution >= 0.6 is 15.9 Å². The van der Waals surface area contributed by atoms with E-state index < -0.39 is 0 Å². The van der Waals surface area contributed by atoms with Crippen molar-refractivity contribution in [2.75, 3.05) is 0 Å². The van der Waals surface area contributed by atoms with Crippen molar-refractivity contribution in [2.45, 2.75) is 5.33 Å². The fraction of sp³-hybridized carbons (Fsp3) is 0.143. The first kappa shape index (κ1) is 7.23. The van der Waals surface area contributed by atoms with Gasteiger partial charge in [-0.2, -0.15) is 0 Å². The van der Waals surface area contributed by atoms with Gasteiger partial charge in [0.05, 0.1) is 5.33 Å². The lowest BCUT2D eigenvalue weighted by atomic mass is 10.4. The lowest BCUT2D eigenvalue weighted by Crippen LogP contribution is -1.80. The summed E-state index contributed by atoms with van der Waals surface area (Å²) in [7, 11) is 0. The van der Waals surface area contributed by atoms with Crippen LogP contribution in [-0.4, -0.2) is 4.98 Å². The molecular formula is C7H5BrN2. The van der Waals surface area contributed by atoms with E-state index in [1.807, 2.05) is 12.1 Å². The third-order valence-electron chi connectivity index (χ3n) is 1.04. The molecule has 10 heavy (non-hydrogen) atoms. The molecule has 1 rings (SSSR count). The topological polar surface area (TPSA) is 17.2 Å². The lowest BCUT2D eigenvalue weighted by Gasteiger charge is -1.88. The molecular weight excluding hydrogens is 192 g/mol. The predicted octanol–water partition coefficient (Wildman–Crippen LogP) is 2.53. The van der Waals surface area contributed by atoms with E-state index in [2.05, 4.69) is 25.8 Å². The molecule has 0 N–H and O–H groups in total. The van der Waals surface area contributed by atoms with Crippen LogP contribution in [-0.2, 0) is 5.33 Å². The van der Waals surface area contributed by atoms with E-state index in [4.69, 9.17) is 6.57 Å². The summed E-state index contributed by atoms with van der Waals surface area (Å²) in [5, 5.41) is 0.705. The molecule has 0 radical (unpaired) electrons. The number of hydrogen-bond acceptors (Lipinski definition) is 1. The van der Waals surface area contributed by atoms with Crippen molar-refractivity contribution >= 4 is 21.7 Å². The molecule has 1 aromatic heterocycles. The van der Waals surface area contributed by atoms with Crippen molar-refractivity contribution in [3.8, 4) is 0 Å². The van der Waals surface area contributed by atoms with Gasteiger partial charge in [0, 0.05) is 0 Å². The summed E-state index contributed by atoms with van der Waals surface area (Å²) < 4.78 is 0. The zero-order valence-electron chi connectivity index (χ0n) is 5.21. The van der Waals surface area contributed by atoms with Crippen molar-refractivity contribution < 1.29 is 0 Å². The number of nitrogens with zero attached hydrogens (tertiary/aromatic N) is 2. The molecule has 1 aromatic rings. The Morgan fingerprint density at radius 2 is 2.40 bits per heavy atom. The Morgan fingerprint density at radius 1 is 1.60 bits per heavy atom. The molecule has 0 saturated heterocycles. The maximum atomic E-state index is 6.66. The summed E-state index contributed by atoms with van der Waals surface area (Å²) in [6, 6.07) is 5.40. The average molecular weight is 197 g/mol. The van der Waals surface area contributed by atoms with E-state index in [0.717, 1.165) is 5.69 Å². The molecule has 0 saturated carbocycles. The van der Waals surface area contributed by atoms with Gasteiger partial charge < -0.3 is 4.85 Å². The molecule has 2 nitrogen and oxygen atoms in total. The maximum absolute atomic E-state index is 6.66. The first-order valence-corrected chi connectivity index (χ1v) is 3.88. The highest BCUT2D eigenvalue weighted by Crippen LogP contribution is 2.09. The van der Waals surface area contributed by atoms with E-state index in [-0.39, 0.29) is 0 Å². The SMILES string of the molecule is [C-]#[N+]c1cccc(CBr)n1. The molecule has 0 aromatic carbocycles. The standard InChI is InChI=1S/C7H5BrN2/c1-9-7-4-2-3-6(5-8)10-7/h2-4H,5H2. The number of halogens is 1. The molecule has 0 bridgehead atoms. The van der Waals surface area contributed by atoms with Crippen LogP contribution in [0, 0.1) is 6.57 Å². The number of aromatic nitrogens is 1. The third-order valence-corrected chi connectivity index (χ3v) is 1.62. The smallest absolute Gasteiger partial charge is 0.269 e. The van der Waals surface area contributed by atoms with E-state index in [1.165, 1.54) is 0 Å². The first-order chi connectivity index (χ1) is 4.86. The minimum atomic E-state index is 0.456. The van der Waals surface area contributed by atoms with Gasteiger partial charge in [-0.25, -0.2) is 0 Å². The van der Waals surface area contributed by atoms with Gasteiger partial charge in [-0.3, -0.25) is 0 Å². The van der Waals surface area contributed by atoms with Gasteiger partial charge in [0.1, 0.15) is 5.69 Å². The van der Waals surface area contributed by atoms with Crippen LogP contribution in [0.4, 0.5) is 5.82 Å². The Hall–Kier alpha value is -0.880. The van der Waals surface area contributed by atoms with Gasteiger partial charge in [0.25, 0.3) is 5.82 Å². The van der Waals surface area contributed by atoms with Crippen LogP contribution in [0.25, 0.3) is 4.85 Å². The number of hydrogen-bond donors (Lipinski definition) is 0. The van der Waals surface area contributed by atoms with Crippen molar-refractivity contribution in [1.29, 1.82) is 0 Å². The number of alkyl halides is 1. The Morgan fingerprint density at radius 3 is 3.00 bits per heavy atom. The highest BCUT2D eigenvalue weighted by atomic mass is 79.9. The van der Waals surface area contributed by atoms with E-state index in [1.54, 1.807) is 6.07 Å². The molecule has 0 unspecified atom stereocenters. The van der Waals surface area contributed by atoms with Crippen LogP contribution in [0.3, 0.4) is 0 Å². The van der Waals surface area contributed by atoms with Crippen LogP contribution < -0.4 is 0 Å². The van der Waals surface area contributed by atoms with Crippen molar-refractivity contribution in [3.05, 3.63) is 35.3 Å². The third kappa shape index (κ3) is 1.55. The largest absolute Gasteiger partial charge is 0.361 e. The fourth-order valence-electron chi connectivity index (χ4n) is 0.604. The highest BCUT2D eigenvalue weighted by molar-refractivity contribution is 9.08. The Labute approximate surface area is 67.9 Å². The summed E-state index contributed by atoms with van der Waals surface area (Å²) in [6.07, 6.45) is 0. The molecule has 0 fully saturated rings. The minimum Gasteiger partial charge on any atom is -0.361 e. The summed E-state index contributed by atoms with van der Waals surface area (Å²) in [5.41, 5.74) is 0.897. The minimum absolute atomic E-state index is 0.456. The molecule has 0 aliphatic rings. The Kier molecular flexibility index (Phi) is 2.41. The molecule has 0 aliphatic heterocycles. The zero-order chi connectivity index (χ0) is 7.40. The average Bonchev–Trinajstić information content (AvgIpc) is 2.05. The summed E-state index contributed by atoms with van der Waals surface area (Å²) >= 11 is 3.26. The lowest BCUT2D eigenvalue weighted by molar-refractivity contribution is 1.20. The quantitative estimate of drug-likeness (QED) is 0.499. The summed E-state index contributed by atoms with van der Waals surface area (Å²) in [4.78, 5) is 7.21. The van der Waals surface area contributed by atoms with E-state index >= 15 is 0 Å². The zero-order valence-corrected chi connectivity index (χ0v) is 6.80. The second-order valence-electron chi connectivity index (χ2n) is 1.73. The second kappa shape index (κ2) is 3.33. The van der Waals surface area contributed by atoms with Crippen LogP contribution in [0.2, 0.25) is 0 Å². The molecule has 0 aliphatic carbocycles. The van der Waals surface area contributed by atoms with Crippen LogP contribution in [0.15, 0.2) is 18.2 Å². The van der Waals surface area contributed by atoms with Crippen molar-refractivity contribution in [2.24, 2.45) is 0 Å². The summed E-state index contributed by atoms with van der Waals surface area (Å²) in [5.74, 6) is 0.456. The monoisotopic (exact) mass is 196 g/mol. The maximum Gasteiger partial charge on any atom is 0.269 e. The Bertz CT molecular complexity index is 265. The van der Waals surface area contributed by atoms with E-state index in [0.29, 0.717) is 11.1 Å².